The Labute approximate surface area is 125 Å². The van der Waals surface area contributed by atoms with Gasteiger partial charge in [-0.2, -0.15) is 0 Å². The van der Waals surface area contributed by atoms with Crippen molar-refractivity contribution in [1.82, 2.24) is 5.32 Å². The number of urea groups is 1. The summed E-state index contributed by atoms with van der Waals surface area (Å²) in [5.74, 6) is -0.529. The van der Waals surface area contributed by atoms with Crippen LogP contribution >= 0.6 is 0 Å². The van der Waals surface area contributed by atoms with Gasteiger partial charge >= 0.3 is 12.0 Å². The number of carboxylic acids is 1. The Bertz CT molecular complexity index is 484. The molecule has 5 nitrogen and oxygen atoms in total. The number of amides is 2. The molecule has 114 valence electrons. The molecule has 0 aromatic heterocycles. The van der Waals surface area contributed by atoms with Gasteiger partial charge in [0, 0.05) is 11.7 Å². The van der Waals surface area contributed by atoms with E-state index in [1.54, 1.807) is 24.3 Å². The zero-order valence-corrected chi connectivity index (χ0v) is 12.3. The highest BCUT2D eigenvalue weighted by Crippen LogP contribution is 2.27. The third-order valence-electron chi connectivity index (χ3n) is 4.06. The zero-order valence-electron chi connectivity index (χ0n) is 12.3. The standard InChI is InChI=1S/C16H22N2O3/c1-12(13-7-5-6-8-13)17-16(21)18(11-15(19)20)14-9-3-2-4-10-14/h2-4,9-10,12-13H,5-8,11H2,1H3,(H,17,21)(H,19,20). The maximum atomic E-state index is 12.4. The fraction of sp³-hybridized carbons (Fsp3) is 0.500. The summed E-state index contributed by atoms with van der Waals surface area (Å²) in [6, 6.07) is 8.62. The molecule has 1 fully saturated rings. The van der Waals surface area contributed by atoms with Crippen LogP contribution in [-0.2, 0) is 4.79 Å². The first-order chi connectivity index (χ1) is 10.1. The summed E-state index contributed by atoms with van der Waals surface area (Å²) >= 11 is 0. The lowest BCUT2D eigenvalue weighted by atomic mass is 10.00. The second kappa shape index (κ2) is 7.11. The molecule has 0 spiro atoms. The number of hydrogen-bond donors (Lipinski definition) is 2. The number of carbonyl (C=O) groups excluding carboxylic acids is 1. The molecule has 1 aromatic carbocycles. The summed E-state index contributed by atoms with van der Waals surface area (Å²) in [4.78, 5) is 24.7. The van der Waals surface area contributed by atoms with Crippen LogP contribution < -0.4 is 10.2 Å². The van der Waals surface area contributed by atoms with Crippen molar-refractivity contribution in [1.29, 1.82) is 0 Å². The van der Waals surface area contributed by atoms with E-state index >= 15 is 0 Å². The van der Waals surface area contributed by atoms with Crippen LogP contribution in [0.3, 0.4) is 0 Å². The number of rotatable bonds is 5. The number of anilines is 1. The molecule has 0 saturated heterocycles. The summed E-state index contributed by atoms with van der Waals surface area (Å²) in [5.41, 5.74) is 0.594. The van der Waals surface area contributed by atoms with Crippen LogP contribution in [-0.4, -0.2) is 29.7 Å². The van der Waals surface area contributed by atoms with Gasteiger partial charge in [0.15, 0.2) is 0 Å². The third kappa shape index (κ3) is 4.21. The van der Waals surface area contributed by atoms with Crippen molar-refractivity contribution in [2.24, 2.45) is 5.92 Å². The molecule has 21 heavy (non-hydrogen) atoms. The lowest BCUT2D eigenvalue weighted by Crippen LogP contribution is -2.48. The zero-order chi connectivity index (χ0) is 15.2. The van der Waals surface area contributed by atoms with Crippen molar-refractivity contribution in [2.45, 2.75) is 38.6 Å². The predicted molar refractivity (Wildman–Crippen MR) is 81.4 cm³/mol. The van der Waals surface area contributed by atoms with Gasteiger partial charge < -0.3 is 10.4 Å². The molecule has 5 heteroatoms. The summed E-state index contributed by atoms with van der Waals surface area (Å²) in [6.45, 7) is 1.66. The van der Waals surface area contributed by atoms with E-state index in [1.807, 2.05) is 13.0 Å². The number of carbonyl (C=O) groups is 2. The number of nitrogens with zero attached hydrogens (tertiary/aromatic N) is 1. The Morgan fingerprint density at radius 2 is 1.90 bits per heavy atom. The second-order valence-corrected chi connectivity index (χ2v) is 5.60. The van der Waals surface area contributed by atoms with E-state index < -0.39 is 5.97 Å². The smallest absolute Gasteiger partial charge is 0.323 e. The second-order valence-electron chi connectivity index (χ2n) is 5.60. The molecule has 1 unspecified atom stereocenters. The molecular formula is C16H22N2O3. The van der Waals surface area contributed by atoms with Crippen LogP contribution in [0.4, 0.5) is 10.5 Å². The quantitative estimate of drug-likeness (QED) is 0.876. The predicted octanol–water partition coefficient (Wildman–Crippen LogP) is 2.87. The molecule has 0 heterocycles. The molecule has 2 rings (SSSR count). The number of benzene rings is 1. The van der Waals surface area contributed by atoms with Gasteiger partial charge in [-0.05, 0) is 37.8 Å². The monoisotopic (exact) mass is 290 g/mol. The minimum Gasteiger partial charge on any atom is -0.480 e. The molecule has 1 atom stereocenters. The lowest BCUT2D eigenvalue weighted by Gasteiger charge is -2.26. The highest BCUT2D eigenvalue weighted by atomic mass is 16.4. The summed E-state index contributed by atoms with van der Waals surface area (Å²) in [6.07, 6.45) is 4.68. The Balaban J connectivity index is 2.05. The summed E-state index contributed by atoms with van der Waals surface area (Å²) < 4.78 is 0. The first-order valence-electron chi connectivity index (χ1n) is 7.43. The number of aliphatic carboxylic acids is 1. The fourth-order valence-corrected chi connectivity index (χ4v) is 2.87. The first kappa shape index (κ1) is 15.4. The van der Waals surface area contributed by atoms with Crippen molar-refractivity contribution < 1.29 is 14.7 Å². The first-order valence-corrected chi connectivity index (χ1v) is 7.43. The summed E-state index contributed by atoms with van der Waals surface area (Å²) in [5, 5.41) is 12.0. The number of hydrogen-bond acceptors (Lipinski definition) is 2. The molecule has 1 aromatic rings. The highest BCUT2D eigenvalue weighted by molar-refractivity contribution is 5.96. The van der Waals surface area contributed by atoms with E-state index in [9.17, 15) is 9.59 Å². The number of nitrogens with one attached hydrogen (secondary N) is 1. The van der Waals surface area contributed by atoms with Crippen LogP contribution in [0.5, 0.6) is 0 Å². The average molecular weight is 290 g/mol. The van der Waals surface area contributed by atoms with Gasteiger partial charge in [-0.15, -0.1) is 0 Å². The molecule has 0 aliphatic heterocycles. The maximum absolute atomic E-state index is 12.4. The van der Waals surface area contributed by atoms with Crippen LogP contribution in [0.2, 0.25) is 0 Å². The topological polar surface area (TPSA) is 69.6 Å². The van der Waals surface area contributed by atoms with E-state index in [-0.39, 0.29) is 18.6 Å². The largest absolute Gasteiger partial charge is 0.480 e. The van der Waals surface area contributed by atoms with E-state index in [4.69, 9.17) is 5.11 Å². The minimum absolute atomic E-state index is 0.0695. The fourth-order valence-electron chi connectivity index (χ4n) is 2.87. The van der Waals surface area contributed by atoms with Crippen LogP contribution in [0.1, 0.15) is 32.6 Å². The molecular weight excluding hydrogens is 268 g/mol. The molecule has 2 amide bonds. The highest BCUT2D eigenvalue weighted by Gasteiger charge is 2.26. The molecule has 2 N–H and O–H groups in total. The maximum Gasteiger partial charge on any atom is 0.323 e. The van der Waals surface area contributed by atoms with E-state index in [2.05, 4.69) is 5.32 Å². The van der Waals surface area contributed by atoms with Gasteiger partial charge in [-0.25, -0.2) is 4.79 Å². The SMILES string of the molecule is CC(NC(=O)N(CC(=O)O)c1ccccc1)C1CCCC1. The Morgan fingerprint density at radius 1 is 1.29 bits per heavy atom. The molecule has 0 bridgehead atoms. The van der Waals surface area contributed by atoms with Crippen molar-refractivity contribution in [3.8, 4) is 0 Å². The molecule has 1 saturated carbocycles. The van der Waals surface area contributed by atoms with Gasteiger partial charge in [-0.1, -0.05) is 31.0 Å². The Morgan fingerprint density at radius 3 is 2.48 bits per heavy atom. The molecule has 1 aliphatic rings. The Hall–Kier alpha value is -2.04. The van der Waals surface area contributed by atoms with Crippen LogP contribution in [0.25, 0.3) is 0 Å². The van der Waals surface area contributed by atoms with Crippen LogP contribution in [0.15, 0.2) is 30.3 Å². The van der Waals surface area contributed by atoms with Crippen molar-refractivity contribution in [2.75, 3.05) is 11.4 Å². The van der Waals surface area contributed by atoms with Crippen LogP contribution in [0, 0.1) is 5.92 Å². The lowest BCUT2D eigenvalue weighted by molar-refractivity contribution is -0.135. The van der Waals surface area contributed by atoms with Gasteiger partial charge in [0.1, 0.15) is 6.54 Å². The van der Waals surface area contributed by atoms with Gasteiger partial charge in [0.05, 0.1) is 0 Å². The minimum atomic E-state index is -1.03. The number of para-hydroxylation sites is 1. The molecule has 1 aliphatic carbocycles. The van der Waals surface area contributed by atoms with E-state index in [0.29, 0.717) is 11.6 Å². The van der Waals surface area contributed by atoms with Gasteiger partial charge in [0.25, 0.3) is 0 Å². The van der Waals surface area contributed by atoms with E-state index in [1.165, 1.54) is 17.7 Å². The van der Waals surface area contributed by atoms with Crippen molar-refractivity contribution in [3.05, 3.63) is 30.3 Å². The summed E-state index contributed by atoms with van der Waals surface area (Å²) in [7, 11) is 0. The molecule has 0 radical (unpaired) electrons. The average Bonchev–Trinajstić information content (AvgIpc) is 2.99. The van der Waals surface area contributed by atoms with Crippen molar-refractivity contribution >= 4 is 17.7 Å². The van der Waals surface area contributed by atoms with Gasteiger partial charge in [-0.3, -0.25) is 9.69 Å². The van der Waals surface area contributed by atoms with Crippen molar-refractivity contribution in [3.63, 3.8) is 0 Å². The normalized spacial score (nSPS) is 16.4. The van der Waals surface area contributed by atoms with Gasteiger partial charge in [0.2, 0.25) is 0 Å². The van der Waals surface area contributed by atoms with E-state index in [0.717, 1.165) is 12.8 Å². The third-order valence-corrected chi connectivity index (χ3v) is 4.06. The number of carboxylic acid groups (broad SMARTS) is 1. The Kier molecular flexibility index (Phi) is 5.20.